The van der Waals surface area contributed by atoms with E-state index in [9.17, 15) is 4.79 Å². The van der Waals surface area contributed by atoms with E-state index in [1.807, 2.05) is 6.07 Å². The first-order valence-corrected chi connectivity index (χ1v) is 10.3. The molecule has 1 aromatic carbocycles. The fourth-order valence-electron chi connectivity index (χ4n) is 4.01. The molecule has 0 aliphatic carbocycles. The Kier molecular flexibility index (Phi) is 7.51. The van der Waals surface area contributed by atoms with Crippen molar-refractivity contribution in [2.45, 2.75) is 38.6 Å². The number of hydrogen-bond donors (Lipinski definition) is 2. The predicted molar refractivity (Wildman–Crippen MR) is 106 cm³/mol. The maximum absolute atomic E-state index is 12.6. The van der Waals surface area contributed by atoms with Crippen LogP contribution in [0.15, 0.2) is 18.2 Å². The molecule has 9 nitrogen and oxygen atoms in total. The monoisotopic (exact) mass is 420 g/mol. The van der Waals surface area contributed by atoms with Gasteiger partial charge in [0.1, 0.15) is 0 Å². The van der Waals surface area contributed by atoms with Crippen LogP contribution in [0.1, 0.15) is 37.7 Å². The Labute approximate surface area is 175 Å². The number of ether oxygens (including phenoxy) is 2. The van der Waals surface area contributed by atoms with E-state index < -0.39 is 11.9 Å². The first-order chi connectivity index (χ1) is 14.4. The number of aliphatic carboxylic acids is 2. The first-order valence-electron chi connectivity index (χ1n) is 10.3. The summed E-state index contributed by atoms with van der Waals surface area (Å²) in [5, 5.41) is 14.8. The summed E-state index contributed by atoms with van der Waals surface area (Å²) in [5.74, 6) is -1.33. The highest BCUT2D eigenvalue weighted by Gasteiger charge is 2.29. The molecule has 0 bridgehead atoms. The Bertz CT molecular complexity index is 757. The van der Waals surface area contributed by atoms with Gasteiger partial charge in [-0.2, -0.15) is 0 Å². The zero-order valence-corrected chi connectivity index (χ0v) is 16.9. The van der Waals surface area contributed by atoms with Gasteiger partial charge in [-0.05, 0) is 62.9 Å². The molecule has 3 aliphatic heterocycles. The molecule has 0 aromatic heterocycles. The average Bonchev–Trinajstić information content (AvgIpc) is 3.23. The van der Waals surface area contributed by atoms with Crippen LogP contribution in [-0.2, 0) is 20.9 Å². The van der Waals surface area contributed by atoms with Crippen LogP contribution in [-0.4, -0.2) is 70.8 Å². The van der Waals surface area contributed by atoms with E-state index in [2.05, 4.69) is 21.9 Å². The maximum atomic E-state index is 12.6. The Morgan fingerprint density at radius 3 is 2.17 bits per heavy atom. The average molecular weight is 420 g/mol. The van der Waals surface area contributed by atoms with Gasteiger partial charge in [0.05, 0.1) is 0 Å². The molecule has 2 fully saturated rings. The summed E-state index contributed by atoms with van der Waals surface area (Å²) in [7, 11) is 0. The van der Waals surface area contributed by atoms with Gasteiger partial charge in [0.2, 0.25) is 12.7 Å². The molecule has 3 aliphatic rings. The van der Waals surface area contributed by atoms with Crippen LogP contribution >= 0.6 is 0 Å². The number of nitrogens with zero attached hydrogens (tertiary/aromatic N) is 2. The van der Waals surface area contributed by atoms with E-state index in [4.69, 9.17) is 29.3 Å². The molecule has 2 N–H and O–H groups in total. The lowest BCUT2D eigenvalue weighted by Crippen LogP contribution is -2.44. The van der Waals surface area contributed by atoms with Crippen molar-refractivity contribution in [3.8, 4) is 11.5 Å². The van der Waals surface area contributed by atoms with Gasteiger partial charge in [-0.1, -0.05) is 6.07 Å². The van der Waals surface area contributed by atoms with Crippen LogP contribution in [0, 0.1) is 5.92 Å². The van der Waals surface area contributed by atoms with Gasteiger partial charge in [-0.15, -0.1) is 0 Å². The van der Waals surface area contributed by atoms with Gasteiger partial charge in [0, 0.05) is 25.6 Å². The molecule has 164 valence electrons. The number of carboxylic acid groups (broad SMARTS) is 2. The van der Waals surface area contributed by atoms with Crippen molar-refractivity contribution in [3.05, 3.63) is 23.8 Å². The smallest absolute Gasteiger partial charge is 0.414 e. The summed E-state index contributed by atoms with van der Waals surface area (Å²) in [6.45, 7) is 5.17. The summed E-state index contributed by atoms with van der Waals surface area (Å²) < 4.78 is 10.8. The molecule has 1 amide bonds. The molecular formula is C21H28N2O7. The van der Waals surface area contributed by atoms with Crippen LogP contribution in [0.5, 0.6) is 11.5 Å². The second-order valence-electron chi connectivity index (χ2n) is 7.73. The van der Waals surface area contributed by atoms with Crippen molar-refractivity contribution in [2.24, 2.45) is 5.92 Å². The lowest BCUT2D eigenvalue weighted by molar-refractivity contribution is -0.159. The van der Waals surface area contributed by atoms with Crippen LogP contribution in [0.4, 0.5) is 0 Å². The van der Waals surface area contributed by atoms with E-state index >= 15 is 0 Å². The molecule has 0 radical (unpaired) electrons. The van der Waals surface area contributed by atoms with Crippen molar-refractivity contribution in [1.82, 2.24) is 9.80 Å². The Morgan fingerprint density at radius 1 is 0.900 bits per heavy atom. The van der Waals surface area contributed by atoms with E-state index in [1.165, 1.54) is 24.8 Å². The van der Waals surface area contributed by atoms with Crippen molar-refractivity contribution in [3.63, 3.8) is 0 Å². The Balaban J connectivity index is 0.000000377. The van der Waals surface area contributed by atoms with Gasteiger partial charge in [-0.25, -0.2) is 9.59 Å². The normalized spacial score (nSPS) is 19.0. The molecule has 3 heterocycles. The SMILES string of the molecule is O=C(C1CCN(Cc2ccc3c(c2)OCO3)CC1)N1CCCCC1.O=C(O)C(=O)O. The molecule has 9 heteroatoms. The topological polar surface area (TPSA) is 117 Å². The molecular weight excluding hydrogens is 392 g/mol. The molecule has 0 unspecified atom stereocenters. The molecule has 30 heavy (non-hydrogen) atoms. The summed E-state index contributed by atoms with van der Waals surface area (Å²) >= 11 is 0. The fraction of sp³-hybridized carbons (Fsp3) is 0.571. The van der Waals surface area contributed by atoms with Gasteiger partial charge < -0.3 is 24.6 Å². The number of benzene rings is 1. The highest BCUT2D eigenvalue weighted by molar-refractivity contribution is 6.27. The standard InChI is InChI=1S/C19H26N2O3.C2H2O4/c22-19(21-8-2-1-3-9-21)16-6-10-20(11-7-16)13-15-4-5-17-18(12-15)24-14-23-17;3-1(4)2(5)6/h4-5,12,16H,1-3,6-11,13-14H2;(H,3,4)(H,5,6). The molecule has 0 saturated carbocycles. The molecule has 1 aromatic rings. The second kappa shape index (κ2) is 10.3. The third-order valence-corrected chi connectivity index (χ3v) is 5.63. The summed E-state index contributed by atoms with van der Waals surface area (Å²) in [5.41, 5.74) is 1.25. The van der Waals surface area contributed by atoms with Crippen molar-refractivity contribution in [1.29, 1.82) is 0 Å². The number of piperidine rings is 2. The zero-order valence-electron chi connectivity index (χ0n) is 16.9. The number of carbonyl (C=O) groups is 3. The summed E-state index contributed by atoms with van der Waals surface area (Å²) in [6, 6.07) is 6.18. The first kappa shape index (κ1) is 21.9. The van der Waals surface area contributed by atoms with Crippen molar-refractivity contribution < 1.29 is 34.1 Å². The Morgan fingerprint density at radius 2 is 1.53 bits per heavy atom. The number of fused-ring (bicyclic) bond motifs is 1. The van der Waals surface area contributed by atoms with Crippen LogP contribution in [0.3, 0.4) is 0 Å². The van der Waals surface area contributed by atoms with E-state index in [0.717, 1.165) is 57.1 Å². The summed E-state index contributed by atoms with van der Waals surface area (Å²) in [6.07, 6.45) is 5.60. The van der Waals surface area contributed by atoms with E-state index in [-0.39, 0.29) is 5.92 Å². The van der Waals surface area contributed by atoms with E-state index in [1.54, 1.807) is 0 Å². The summed E-state index contributed by atoms with van der Waals surface area (Å²) in [4.78, 5) is 35.4. The van der Waals surface area contributed by atoms with Crippen LogP contribution in [0.25, 0.3) is 0 Å². The lowest BCUT2D eigenvalue weighted by atomic mass is 9.94. The maximum Gasteiger partial charge on any atom is 0.414 e. The fourth-order valence-corrected chi connectivity index (χ4v) is 4.01. The molecule has 0 atom stereocenters. The quantitative estimate of drug-likeness (QED) is 0.711. The van der Waals surface area contributed by atoms with E-state index in [0.29, 0.717) is 12.7 Å². The minimum absolute atomic E-state index is 0.233. The third kappa shape index (κ3) is 5.85. The molecule has 2 saturated heterocycles. The number of rotatable bonds is 3. The van der Waals surface area contributed by atoms with Crippen LogP contribution in [0.2, 0.25) is 0 Å². The highest BCUT2D eigenvalue weighted by atomic mass is 16.7. The second-order valence-corrected chi connectivity index (χ2v) is 7.73. The zero-order chi connectivity index (χ0) is 21.5. The third-order valence-electron chi connectivity index (χ3n) is 5.63. The van der Waals surface area contributed by atoms with Gasteiger partial charge >= 0.3 is 11.9 Å². The largest absolute Gasteiger partial charge is 0.473 e. The lowest BCUT2D eigenvalue weighted by Gasteiger charge is -2.35. The number of amides is 1. The number of carboxylic acids is 2. The minimum Gasteiger partial charge on any atom is -0.473 e. The molecule has 4 rings (SSSR count). The highest BCUT2D eigenvalue weighted by Crippen LogP contribution is 2.33. The molecule has 0 spiro atoms. The van der Waals surface area contributed by atoms with Crippen molar-refractivity contribution in [2.75, 3.05) is 33.0 Å². The van der Waals surface area contributed by atoms with Gasteiger partial charge in [-0.3, -0.25) is 9.69 Å². The number of carbonyl (C=O) groups excluding carboxylic acids is 1. The van der Waals surface area contributed by atoms with Gasteiger partial charge in [0.25, 0.3) is 0 Å². The Hall–Kier alpha value is -2.81. The van der Waals surface area contributed by atoms with Crippen molar-refractivity contribution >= 4 is 17.8 Å². The van der Waals surface area contributed by atoms with Crippen LogP contribution < -0.4 is 9.47 Å². The number of likely N-dealkylation sites (tertiary alicyclic amines) is 2. The van der Waals surface area contributed by atoms with Gasteiger partial charge in [0.15, 0.2) is 11.5 Å². The predicted octanol–water partition coefficient (Wildman–Crippen LogP) is 1.80. The minimum atomic E-state index is -1.82. The number of hydrogen-bond acceptors (Lipinski definition) is 6.